The monoisotopic (exact) mass is 211 g/mol. The number of piperidine rings is 1. The molecule has 1 unspecified atom stereocenters. The molecular formula is C10H17N3S. The first-order chi connectivity index (χ1) is 6.83. The Balaban J connectivity index is 2.18. The highest BCUT2D eigenvalue weighted by Crippen LogP contribution is 2.25. The van der Waals surface area contributed by atoms with Crippen molar-refractivity contribution in [3.8, 4) is 0 Å². The lowest BCUT2D eigenvalue weighted by atomic mass is 10.0. The number of nitrogens with one attached hydrogen (secondary N) is 1. The van der Waals surface area contributed by atoms with E-state index in [-0.39, 0.29) is 0 Å². The van der Waals surface area contributed by atoms with Gasteiger partial charge in [0.25, 0.3) is 0 Å². The minimum atomic E-state index is 0.516. The van der Waals surface area contributed by atoms with E-state index < -0.39 is 0 Å². The average molecular weight is 211 g/mol. The molecule has 14 heavy (non-hydrogen) atoms. The van der Waals surface area contributed by atoms with Gasteiger partial charge in [-0.2, -0.15) is 0 Å². The SMILES string of the molecule is CSc1ncc(C2CCCCN2)n1C. The molecule has 1 saturated heterocycles. The molecular weight excluding hydrogens is 194 g/mol. The van der Waals surface area contributed by atoms with Gasteiger partial charge < -0.3 is 9.88 Å². The lowest BCUT2D eigenvalue weighted by Crippen LogP contribution is -2.28. The minimum Gasteiger partial charge on any atom is -0.325 e. The molecule has 1 aromatic heterocycles. The standard InChI is InChI=1S/C10H17N3S/c1-13-9(7-12-10(13)14-2)8-5-3-4-6-11-8/h7-8,11H,3-6H2,1-2H3. The van der Waals surface area contributed by atoms with E-state index in [1.54, 1.807) is 11.8 Å². The molecule has 1 atom stereocenters. The Morgan fingerprint density at radius 1 is 1.57 bits per heavy atom. The van der Waals surface area contributed by atoms with Gasteiger partial charge in [0.2, 0.25) is 0 Å². The van der Waals surface area contributed by atoms with E-state index in [9.17, 15) is 0 Å². The summed E-state index contributed by atoms with van der Waals surface area (Å²) in [6.07, 6.45) is 7.96. The third-order valence-corrected chi connectivity index (χ3v) is 3.58. The predicted octanol–water partition coefficient (Wildman–Crippen LogP) is 1.96. The number of thioether (sulfide) groups is 1. The van der Waals surface area contributed by atoms with Crippen LogP contribution in [-0.2, 0) is 7.05 Å². The summed E-state index contributed by atoms with van der Waals surface area (Å²) in [6.45, 7) is 1.14. The molecule has 0 saturated carbocycles. The van der Waals surface area contributed by atoms with Gasteiger partial charge >= 0.3 is 0 Å². The summed E-state index contributed by atoms with van der Waals surface area (Å²) in [7, 11) is 2.10. The molecule has 0 aromatic carbocycles. The van der Waals surface area contributed by atoms with Crippen LogP contribution in [0.25, 0.3) is 0 Å². The van der Waals surface area contributed by atoms with Crippen LogP contribution >= 0.6 is 11.8 Å². The number of rotatable bonds is 2. The highest BCUT2D eigenvalue weighted by atomic mass is 32.2. The molecule has 1 fully saturated rings. The summed E-state index contributed by atoms with van der Waals surface area (Å²) < 4.78 is 2.20. The Labute approximate surface area is 89.3 Å². The fourth-order valence-electron chi connectivity index (χ4n) is 2.02. The molecule has 0 spiro atoms. The summed E-state index contributed by atoms with van der Waals surface area (Å²) in [6, 6.07) is 0.516. The molecule has 0 aliphatic carbocycles. The van der Waals surface area contributed by atoms with E-state index in [4.69, 9.17) is 0 Å². The summed E-state index contributed by atoms with van der Waals surface area (Å²) in [5.74, 6) is 0. The molecule has 1 N–H and O–H groups in total. The molecule has 1 aromatic rings. The zero-order valence-electron chi connectivity index (χ0n) is 8.79. The Bertz CT molecular complexity index is 302. The van der Waals surface area contributed by atoms with Crippen LogP contribution in [0.2, 0.25) is 0 Å². The fraction of sp³-hybridized carbons (Fsp3) is 0.700. The van der Waals surface area contributed by atoms with Crippen molar-refractivity contribution in [2.75, 3.05) is 12.8 Å². The van der Waals surface area contributed by atoms with Gasteiger partial charge in [-0.05, 0) is 25.6 Å². The first-order valence-electron chi connectivity index (χ1n) is 5.12. The number of hydrogen-bond donors (Lipinski definition) is 1. The molecule has 0 radical (unpaired) electrons. The van der Waals surface area contributed by atoms with Gasteiger partial charge in [-0.3, -0.25) is 0 Å². The van der Waals surface area contributed by atoms with Gasteiger partial charge in [-0.1, -0.05) is 18.2 Å². The van der Waals surface area contributed by atoms with E-state index in [0.717, 1.165) is 11.7 Å². The largest absolute Gasteiger partial charge is 0.325 e. The Morgan fingerprint density at radius 2 is 2.43 bits per heavy atom. The maximum absolute atomic E-state index is 4.40. The van der Waals surface area contributed by atoms with Gasteiger partial charge in [0, 0.05) is 13.1 Å². The van der Waals surface area contributed by atoms with Crippen LogP contribution in [0.1, 0.15) is 31.0 Å². The van der Waals surface area contributed by atoms with Gasteiger partial charge in [0.1, 0.15) is 0 Å². The normalized spacial score (nSPS) is 22.6. The second kappa shape index (κ2) is 4.36. The molecule has 78 valence electrons. The lowest BCUT2D eigenvalue weighted by molar-refractivity contribution is 0.396. The number of aromatic nitrogens is 2. The smallest absolute Gasteiger partial charge is 0.167 e. The summed E-state index contributed by atoms with van der Waals surface area (Å²) in [4.78, 5) is 4.40. The Morgan fingerprint density at radius 3 is 3.00 bits per heavy atom. The van der Waals surface area contributed by atoms with E-state index in [0.29, 0.717) is 6.04 Å². The van der Waals surface area contributed by atoms with Crippen LogP contribution in [0, 0.1) is 0 Å². The lowest BCUT2D eigenvalue weighted by Gasteiger charge is -2.23. The van der Waals surface area contributed by atoms with Crippen molar-refractivity contribution < 1.29 is 0 Å². The highest BCUT2D eigenvalue weighted by Gasteiger charge is 2.18. The van der Waals surface area contributed by atoms with Crippen LogP contribution in [0.5, 0.6) is 0 Å². The quantitative estimate of drug-likeness (QED) is 0.758. The second-order valence-electron chi connectivity index (χ2n) is 3.73. The maximum atomic E-state index is 4.40. The van der Waals surface area contributed by atoms with Crippen LogP contribution in [-0.4, -0.2) is 22.4 Å². The van der Waals surface area contributed by atoms with E-state index >= 15 is 0 Å². The van der Waals surface area contributed by atoms with Gasteiger partial charge in [-0.15, -0.1) is 0 Å². The Kier molecular flexibility index (Phi) is 3.13. The minimum absolute atomic E-state index is 0.516. The highest BCUT2D eigenvalue weighted by molar-refractivity contribution is 7.98. The van der Waals surface area contributed by atoms with Crippen molar-refractivity contribution in [1.82, 2.24) is 14.9 Å². The molecule has 2 heterocycles. The van der Waals surface area contributed by atoms with Crippen molar-refractivity contribution in [3.63, 3.8) is 0 Å². The zero-order valence-corrected chi connectivity index (χ0v) is 9.60. The van der Waals surface area contributed by atoms with Crippen molar-refractivity contribution >= 4 is 11.8 Å². The summed E-state index contributed by atoms with van der Waals surface area (Å²) >= 11 is 1.70. The van der Waals surface area contributed by atoms with E-state index in [1.165, 1.54) is 25.0 Å². The summed E-state index contributed by atoms with van der Waals surface area (Å²) in [5.41, 5.74) is 1.33. The number of imidazole rings is 1. The van der Waals surface area contributed by atoms with Crippen molar-refractivity contribution in [3.05, 3.63) is 11.9 Å². The number of hydrogen-bond acceptors (Lipinski definition) is 3. The van der Waals surface area contributed by atoms with Crippen molar-refractivity contribution in [2.45, 2.75) is 30.5 Å². The van der Waals surface area contributed by atoms with Crippen LogP contribution in [0.4, 0.5) is 0 Å². The second-order valence-corrected chi connectivity index (χ2v) is 4.50. The molecule has 1 aliphatic heterocycles. The molecule has 0 bridgehead atoms. The van der Waals surface area contributed by atoms with Gasteiger partial charge in [0.15, 0.2) is 5.16 Å². The van der Waals surface area contributed by atoms with Gasteiger partial charge in [-0.25, -0.2) is 4.98 Å². The average Bonchev–Trinajstić information content (AvgIpc) is 2.61. The van der Waals surface area contributed by atoms with E-state index in [2.05, 4.69) is 28.2 Å². The fourth-order valence-corrected chi connectivity index (χ4v) is 2.56. The van der Waals surface area contributed by atoms with Gasteiger partial charge in [0.05, 0.1) is 11.9 Å². The topological polar surface area (TPSA) is 29.9 Å². The first kappa shape index (κ1) is 10.1. The Hall–Kier alpha value is -0.480. The van der Waals surface area contributed by atoms with Crippen molar-refractivity contribution in [2.24, 2.45) is 7.05 Å². The molecule has 3 nitrogen and oxygen atoms in total. The summed E-state index contributed by atoms with van der Waals surface area (Å²) in [5, 5.41) is 4.65. The van der Waals surface area contributed by atoms with Crippen LogP contribution in [0.15, 0.2) is 11.4 Å². The van der Waals surface area contributed by atoms with Crippen LogP contribution in [0.3, 0.4) is 0 Å². The number of nitrogens with zero attached hydrogens (tertiary/aromatic N) is 2. The third kappa shape index (κ3) is 1.81. The van der Waals surface area contributed by atoms with Crippen LogP contribution < -0.4 is 5.32 Å². The predicted molar refractivity (Wildman–Crippen MR) is 59.6 cm³/mol. The molecule has 4 heteroatoms. The first-order valence-corrected chi connectivity index (χ1v) is 6.34. The molecule has 0 amide bonds. The molecule has 2 rings (SSSR count). The zero-order chi connectivity index (χ0) is 9.97. The molecule has 1 aliphatic rings. The maximum Gasteiger partial charge on any atom is 0.167 e. The third-order valence-electron chi connectivity index (χ3n) is 2.83. The van der Waals surface area contributed by atoms with E-state index in [1.807, 2.05) is 6.20 Å². The van der Waals surface area contributed by atoms with Crippen molar-refractivity contribution in [1.29, 1.82) is 0 Å².